The molecule has 5 heterocycles. The number of aromatic nitrogens is 5. The number of anilines is 1. The average molecular weight is 449 g/mol. The van der Waals surface area contributed by atoms with Crippen molar-refractivity contribution in [1.82, 2.24) is 29.2 Å². The van der Waals surface area contributed by atoms with Gasteiger partial charge in [0.15, 0.2) is 11.5 Å². The first kappa shape index (κ1) is 20.0. The molecule has 4 aromatic rings. The summed E-state index contributed by atoms with van der Waals surface area (Å²) >= 11 is 0. The van der Waals surface area contributed by atoms with Crippen molar-refractivity contribution in [2.75, 3.05) is 25.5 Å². The van der Waals surface area contributed by atoms with E-state index in [2.05, 4.69) is 25.3 Å². The summed E-state index contributed by atoms with van der Waals surface area (Å²) in [5, 5.41) is 4.16. The minimum Gasteiger partial charge on any atom is -0.480 e. The molecule has 9 nitrogen and oxygen atoms in total. The Bertz CT molecular complexity index is 1370. The molecule has 6 rings (SSSR count). The highest BCUT2D eigenvalue weighted by Gasteiger charge is 2.41. The number of amides is 1. The van der Waals surface area contributed by atoms with E-state index >= 15 is 0 Å². The van der Waals surface area contributed by atoms with Crippen LogP contribution in [-0.2, 0) is 4.79 Å². The van der Waals surface area contributed by atoms with E-state index < -0.39 is 5.82 Å². The summed E-state index contributed by atoms with van der Waals surface area (Å²) in [6.07, 6.45) is 8.85. The van der Waals surface area contributed by atoms with Crippen LogP contribution in [0.3, 0.4) is 0 Å². The van der Waals surface area contributed by atoms with Crippen LogP contribution in [-0.4, -0.2) is 61.4 Å². The third kappa shape index (κ3) is 3.28. The van der Waals surface area contributed by atoms with E-state index in [-0.39, 0.29) is 17.6 Å². The van der Waals surface area contributed by atoms with Gasteiger partial charge in [0.2, 0.25) is 17.7 Å². The van der Waals surface area contributed by atoms with Gasteiger partial charge in [0.1, 0.15) is 5.65 Å². The van der Waals surface area contributed by atoms with Crippen LogP contribution in [0.1, 0.15) is 19.8 Å². The summed E-state index contributed by atoms with van der Waals surface area (Å²) in [5.41, 5.74) is 2.32. The summed E-state index contributed by atoms with van der Waals surface area (Å²) in [4.78, 5) is 30.1. The second kappa shape index (κ2) is 7.43. The Morgan fingerprint density at radius 1 is 1.27 bits per heavy atom. The Balaban J connectivity index is 1.29. The van der Waals surface area contributed by atoms with Crippen molar-refractivity contribution < 1.29 is 13.9 Å². The number of carbonyl (C=O) groups is 1. The SMILES string of the molecule is COc1nc(N[C@@H]2C[C@@H]3CN(C(C)=O)C[C@@H]3C2)nc2[nH]cc(-c3cc(F)c4nccn4c3)c12. The number of nitrogens with one attached hydrogen (secondary N) is 2. The molecule has 1 saturated heterocycles. The molecule has 1 saturated carbocycles. The van der Waals surface area contributed by atoms with Crippen molar-refractivity contribution in [2.24, 2.45) is 11.8 Å². The fraction of sp³-hybridized carbons (Fsp3) is 0.391. The van der Waals surface area contributed by atoms with E-state index in [1.165, 1.54) is 6.07 Å². The summed E-state index contributed by atoms with van der Waals surface area (Å²) in [6, 6.07) is 1.71. The van der Waals surface area contributed by atoms with Gasteiger partial charge >= 0.3 is 0 Å². The standard InChI is InChI=1S/C23H24FN7O2/c1-12(32)31-9-13-5-16(6-14(13)10-31)27-23-28-20-19(22(29-23)33-2)17(8-26-20)15-7-18(24)21-25-3-4-30(21)11-15/h3-4,7-8,11,13-14,16H,5-6,9-10H2,1-2H3,(H2,26,27,28,29)/t13-,14+,16-. The lowest BCUT2D eigenvalue weighted by Gasteiger charge is -2.18. The average Bonchev–Trinajstić information content (AvgIpc) is 3.55. The van der Waals surface area contributed by atoms with Gasteiger partial charge in [-0.05, 0) is 30.7 Å². The summed E-state index contributed by atoms with van der Waals surface area (Å²) in [7, 11) is 1.57. The van der Waals surface area contributed by atoms with Crippen molar-refractivity contribution in [3.8, 4) is 17.0 Å². The number of H-pyrrole nitrogens is 1. The number of hydrogen-bond acceptors (Lipinski definition) is 6. The van der Waals surface area contributed by atoms with E-state index in [0.717, 1.165) is 31.5 Å². The maximum absolute atomic E-state index is 14.5. The van der Waals surface area contributed by atoms with Crippen LogP contribution in [0.5, 0.6) is 5.88 Å². The van der Waals surface area contributed by atoms with Gasteiger partial charge in [0.05, 0.1) is 12.5 Å². The van der Waals surface area contributed by atoms with Gasteiger partial charge < -0.3 is 24.3 Å². The zero-order valence-electron chi connectivity index (χ0n) is 18.4. The fourth-order valence-corrected chi connectivity index (χ4v) is 5.44. The predicted molar refractivity (Wildman–Crippen MR) is 120 cm³/mol. The van der Waals surface area contributed by atoms with Crippen LogP contribution >= 0.6 is 0 Å². The minimum absolute atomic E-state index is 0.155. The maximum Gasteiger partial charge on any atom is 0.228 e. The molecule has 2 aliphatic rings. The Kier molecular flexibility index (Phi) is 4.49. The Morgan fingerprint density at radius 3 is 2.79 bits per heavy atom. The molecule has 1 aliphatic heterocycles. The molecule has 0 radical (unpaired) electrons. The first-order valence-electron chi connectivity index (χ1n) is 11.1. The number of aromatic amines is 1. The lowest BCUT2D eigenvalue weighted by molar-refractivity contribution is -0.128. The van der Waals surface area contributed by atoms with E-state index in [1.807, 2.05) is 11.1 Å². The van der Waals surface area contributed by atoms with Gasteiger partial charge in [-0.2, -0.15) is 9.97 Å². The molecule has 0 spiro atoms. The number of imidazole rings is 1. The number of halogens is 1. The Hall–Kier alpha value is -3.69. The number of hydrogen-bond donors (Lipinski definition) is 2. The normalized spacial score (nSPS) is 22.3. The van der Waals surface area contributed by atoms with Crippen LogP contribution in [0.25, 0.3) is 27.8 Å². The van der Waals surface area contributed by atoms with E-state index in [9.17, 15) is 9.18 Å². The number of nitrogens with zero attached hydrogens (tertiary/aromatic N) is 5. The predicted octanol–water partition coefficient (Wildman–Crippen LogP) is 3.09. The van der Waals surface area contributed by atoms with Gasteiger partial charge in [-0.3, -0.25) is 4.79 Å². The Labute approximate surface area is 189 Å². The first-order valence-corrected chi connectivity index (χ1v) is 11.1. The van der Waals surface area contributed by atoms with Crippen LogP contribution in [0, 0.1) is 17.7 Å². The number of carbonyl (C=O) groups excluding carboxylic acids is 1. The van der Waals surface area contributed by atoms with Crippen molar-refractivity contribution in [2.45, 2.75) is 25.8 Å². The highest BCUT2D eigenvalue weighted by atomic mass is 19.1. The second-order valence-electron chi connectivity index (χ2n) is 8.97. The molecule has 0 bridgehead atoms. The van der Waals surface area contributed by atoms with Crippen LogP contribution in [0.15, 0.2) is 30.9 Å². The smallest absolute Gasteiger partial charge is 0.228 e. The van der Waals surface area contributed by atoms with Crippen molar-refractivity contribution in [3.63, 3.8) is 0 Å². The highest BCUT2D eigenvalue weighted by Crippen LogP contribution is 2.40. The number of methoxy groups -OCH3 is 1. The molecule has 33 heavy (non-hydrogen) atoms. The number of fused-ring (bicyclic) bond motifs is 3. The van der Waals surface area contributed by atoms with Crippen LogP contribution in [0.4, 0.5) is 10.3 Å². The van der Waals surface area contributed by atoms with Crippen molar-refractivity contribution >= 4 is 28.5 Å². The lowest BCUT2D eigenvalue weighted by Crippen LogP contribution is -2.29. The fourth-order valence-electron chi connectivity index (χ4n) is 5.44. The molecular formula is C23H24FN7O2. The quantitative estimate of drug-likeness (QED) is 0.497. The van der Waals surface area contributed by atoms with Crippen LogP contribution in [0.2, 0.25) is 0 Å². The van der Waals surface area contributed by atoms with Crippen LogP contribution < -0.4 is 10.1 Å². The summed E-state index contributed by atoms with van der Waals surface area (Å²) in [6.45, 7) is 3.30. The number of pyridine rings is 1. The van der Waals surface area contributed by atoms with Crippen molar-refractivity contribution in [3.05, 3.63) is 36.7 Å². The monoisotopic (exact) mass is 449 g/mol. The number of rotatable bonds is 4. The van der Waals surface area contributed by atoms with Gasteiger partial charge in [-0.15, -0.1) is 0 Å². The van der Waals surface area contributed by atoms with Gasteiger partial charge in [-0.25, -0.2) is 9.37 Å². The molecule has 0 aromatic carbocycles. The zero-order chi connectivity index (χ0) is 22.7. The zero-order valence-corrected chi connectivity index (χ0v) is 18.4. The molecule has 10 heteroatoms. The van der Waals surface area contributed by atoms with Gasteiger partial charge in [-0.1, -0.05) is 0 Å². The third-order valence-electron chi connectivity index (χ3n) is 6.97. The largest absolute Gasteiger partial charge is 0.480 e. The Morgan fingerprint density at radius 2 is 2.06 bits per heavy atom. The minimum atomic E-state index is -0.403. The summed E-state index contributed by atoms with van der Waals surface area (Å²) < 4.78 is 21.8. The molecule has 1 amide bonds. The van der Waals surface area contributed by atoms with Crippen molar-refractivity contribution in [1.29, 1.82) is 0 Å². The summed E-state index contributed by atoms with van der Waals surface area (Å²) in [5.74, 6) is 1.70. The topological polar surface area (TPSA) is 100 Å². The van der Waals surface area contributed by atoms with E-state index in [0.29, 0.717) is 40.3 Å². The molecule has 2 fully saturated rings. The third-order valence-corrected chi connectivity index (χ3v) is 6.97. The molecule has 170 valence electrons. The molecular weight excluding hydrogens is 425 g/mol. The molecule has 3 atom stereocenters. The molecule has 4 aromatic heterocycles. The second-order valence-corrected chi connectivity index (χ2v) is 8.97. The van der Waals surface area contributed by atoms with E-state index in [1.54, 1.807) is 37.0 Å². The molecule has 2 N–H and O–H groups in total. The van der Waals surface area contributed by atoms with Gasteiger partial charge in [0, 0.05) is 62.0 Å². The molecule has 1 aliphatic carbocycles. The number of ether oxygens (including phenoxy) is 1. The van der Waals surface area contributed by atoms with Gasteiger partial charge in [0.25, 0.3) is 0 Å². The highest BCUT2D eigenvalue weighted by molar-refractivity contribution is 5.97. The molecule has 0 unspecified atom stereocenters. The number of likely N-dealkylation sites (tertiary alicyclic amines) is 1. The first-order chi connectivity index (χ1) is 16.0. The maximum atomic E-state index is 14.5. The lowest BCUT2D eigenvalue weighted by atomic mass is 10.0. The van der Waals surface area contributed by atoms with E-state index in [4.69, 9.17) is 4.74 Å².